The van der Waals surface area contributed by atoms with Gasteiger partial charge in [-0.3, -0.25) is 9.59 Å². The standard InChI is InChI=1S/C13H19N3O2/c1-15-8-4-7-13(18)16-11-6-3-2-5-10(11)9-12(14)17/h2-3,5-6,15H,4,7-9H2,1H3,(H2,14,17)(H,16,18). The number of nitrogens with one attached hydrogen (secondary N) is 2. The summed E-state index contributed by atoms with van der Waals surface area (Å²) in [6.07, 6.45) is 1.36. The fraction of sp³-hybridized carbons (Fsp3) is 0.385. The first-order chi connectivity index (χ1) is 8.63. The number of carbonyl (C=O) groups excluding carboxylic acids is 2. The van der Waals surface area contributed by atoms with E-state index in [-0.39, 0.29) is 12.3 Å². The van der Waals surface area contributed by atoms with E-state index in [4.69, 9.17) is 5.73 Å². The molecule has 98 valence electrons. The van der Waals surface area contributed by atoms with Gasteiger partial charge >= 0.3 is 0 Å². The van der Waals surface area contributed by atoms with Crippen molar-refractivity contribution in [2.75, 3.05) is 18.9 Å². The lowest BCUT2D eigenvalue weighted by molar-refractivity contribution is -0.118. The molecule has 1 aromatic carbocycles. The smallest absolute Gasteiger partial charge is 0.224 e. The van der Waals surface area contributed by atoms with Gasteiger partial charge in [0.1, 0.15) is 0 Å². The van der Waals surface area contributed by atoms with Crippen molar-refractivity contribution in [2.45, 2.75) is 19.3 Å². The Balaban J connectivity index is 2.60. The van der Waals surface area contributed by atoms with E-state index in [1.165, 1.54) is 0 Å². The summed E-state index contributed by atoms with van der Waals surface area (Å²) in [5.41, 5.74) is 6.56. The van der Waals surface area contributed by atoms with Gasteiger partial charge < -0.3 is 16.4 Å². The first-order valence-corrected chi connectivity index (χ1v) is 5.94. The lowest BCUT2D eigenvalue weighted by atomic mass is 10.1. The molecule has 5 heteroatoms. The van der Waals surface area contributed by atoms with Gasteiger partial charge in [-0.1, -0.05) is 18.2 Å². The number of carbonyl (C=O) groups is 2. The van der Waals surface area contributed by atoms with Crippen molar-refractivity contribution in [1.82, 2.24) is 5.32 Å². The van der Waals surface area contributed by atoms with Crippen LogP contribution in [0.2, 0.25) is 0 Å². The average molecular weight is 249 g/mol. The molecule has 18 heavy (non-hydrogen) atoms. The molecule has 0 unspecified atom stereocenters. The van der Waals surface area contributed by atoms with Crippen LogP contribution in [0.15, 0.2) is 24.3 Å². The highest BCUT2D eigenvalue weighted by Crippen LogP contribution is 2.15. The number of para-hydroxylation sites is 1. The SMILES string of the molecule is CNCCCC(=O)Nc1ccccc1CC(N)=O. The minimum absolute atomic E-state index is 0.0535. The number of benzene rings is 1. The second kappa shape index (κ2) is 7.45. The minimum atomic E-state index is -0.410. The Morgan fingerprint density at radius 2 is 2.00 bits per heavy atom. The van der Waals surface area contributed by atoms with Crippen LogP contribution < -0.4 is 16.4 Å². The van der Waals surface area contributed by atoms with Gasteiger partial charge in [0.15, 0.2) is 0 Å². The summed E-state index contributed by atoms with van der Waals surface area (Å²) in [6.45, 7) is 0.802. The van der Waals surface area contributed by atoms with E-state index in [0.717, 1.165) is 18.5 Å². The van der Waals surface area contributed by atoms with Crippen LogP contribution in [0, 0.1) is 0 Å². The maximum absolute atomic E-state index is 11.7. The Morgan fingerprint density at radius 3 is 2.67 bits per heavy atom. The van der Waals surface area contributed by atoms with Crippen LogP contribution in [0.1, 0.15) is 18.4 Å². The summed E-state index contributed by atoms with van der Waals surface area (Å²) in [5.74, 6) is -0.464. The van der Waals surface area contributed by atoms with E-state index in [1.54, 1.807) is 12.1 Å². The molecule has 0 saturated carbocycles. The second-order valence-corrected chi connectivity index (χ2v) is 4.06. The predicted octanol–water partition coefficient (Wildman–Crippen LogP) is 0.652. The molecule has 4 N–H and O–H groups in total. The maximum Gasteiger partial charge on any atom is 0.224 e. The fourth-order valence-electron chi connectivity index (χ4n) is 1.62. The van der Waals surface area contributed by atoms with Gasteiger partial charge in [-0.15, -0.1) is 0 Å². The summed E-state index contributed by atoms with van der Waals surface area (Å²) in [7, 11) is 1.85. The Kier molecular flexibility index (Phi) is 5.87. The van der Waals surface area contributed by atoms with Gasteiger partial charge in [-0.05, 0) is 31.6 Å². The molecule has 2 amide bonds. The molecular formula is C13H19N3O2. The third kappa shape index (κ3) is 4.97. The van der Waals surface area contributed by atoms with Crippen molar-refractivity contribution < 1.29 is 9.59 Å². The summed E-state index contributed by atoms with van der Waals surface area (Å²) in [5, 5.41) is 5.78. The molecule has 0 saturated heterocycles. The van der Waals surface area contributed by atoms with E-state index in [1.807, 2.05) is 19.2 Å². The largest absolute Gasteiger partial charge is 0.369 e. The lowest BCUT2D eigenvalue weighted by Gasteiger charge is -2.09. The average Bonchev–Trinajstić information content (AvgIpc) is 2.31. The zero-order valence-corrected chi connectivity index (χ0v) is 10.5. The Hall–Kier alpha value is -1.88. The van der Waals surface area contributed by atoms with E-state index in [9.17, 15) is 9.59 Å². The van der Waals surface area contributed by atoms with Crippen molar-refractivity contribution in [3.63, 3.8) is 0 Å². The zero-order valence-electron chi connectivity index (χ0n) is 10.5. The van der Waals surface area contributed by atoms with Crippen LogP contribution in [-0.2, 0) is 16.0 Å². The minimum Gasteiger partial charge on any atom is -0.369 e. The van der Waals surface area contributed by atoms with Gasteiger partial charge in [-0.2, -0.15) is 0 Å². The van der Waals surface area contributed by atoms with Crippen LogP contribution in [0.3, 0.4) is 0 Å². The molecule has 5 nitrogen and oxygen atoms in total. The highest BCUT2D eigenvalue weighted by Gasteiger charge is 2.07. The fourth-order valence-corrected chi connectivity index (χ4v) is 1.62. The van der Waals surface area contributed by atoms with E-state index in [2.05, 4.69) is 10.6 Å². The van der Waals surface area contributed by atoms with Gasteiger partial charge in [0.25, 0.3) is 0 Å². The molecule has 0 aliphatic heterocycles. The second-order valence-electron chi connectivity index (χ2n) is 4.06. The van der Waals surface area contributed by atoms with Crippen molar-refractivity contribution in [3.8, 4) is 0 Å². The van der Waals surface area contributed by atoms with Crippen LogP contribution in [-0.4, -0.2) is 25.4 Å². The van der Waals surface area contributed by atoms with Crippen molar-refractivity contribution in [1.29, 1.82) is 0 Å². The highest BCUT2D eigenvalue weighted by molar-refractivity contribution is 5.92. The molecule has 1 rings (SSSR count). The molecule has 0 aliphatic carbocycles. The van der Waals surface area contributed by atoms with Crippen molar-refractivity contribution in [3.05, 3.63) is 29.8 Å². The molecule has 0 bridgehead atoms. The molecule has 1 aromatic rings. The Morgan fingerprint density at radius 1 is 1.28 bits per heavy atom. The molecule has 0 radical (unpaired) electrons. The monoisotopic (exact) mass is 249 g/mol. The topological polar surface area (TPSA) is 84.2 Å². The normalized spacial score (nSPS) is 10.1. The molecule has 0 atom stereocenters. The highest BCUT2D eigenvalue weighted by atomic mass is 16.2. The number of amides is 2. The number of primary amides is 1. The molecule has 0 heterocycles. The zero-order chi connectivity index (χ0) is 13.4. The van der Waals surface area contributed by atoms with Crippen LogP contribution in [0.25, 0.3) is 0 Å². The number of hydrogen-bond acceptors (Lipinski definition) is 3. The van der Waals surface area contributed by atoms with Gasteiger partial charge in [0.2, 0.25) is 11.8 Å². The molecular weight excluding hydrogens is 230 g/mol. The first kappa shape index (κ1) is 14.2. The van der Waals surface area contributed by atoms with Crippen molar-refractivity contribution >= 4 is 17.5 Å². The quantitative estimate of drug-likeness (QED) is 0.620. The van der Waals surface area contributed by atoms with Crippen LogP contribution in [0.5, 0.6) is 0 Å². The third-order valence-electron chi connectivity index (χ3n) is 2.49. The number of anilines is 1. The Labute approximate surface area is 107 Å². The molecule has 0 aliphatic rings. The van der Waals surface area contributed by atoms with Crippen LogP contribution >= 0.6 is 0 Å². The van der Waals surface area contributed by atoms with Gasteiger partial charge in [0.05, 0.1) is 6.42 Å². The van der Waals surface area contributed by atoms with Gasteiger partial charge in [-0.25, -0.2) is 0 Å². The summed E-state index contributed by atoms with van der Waals surface area (Å²) >= 11 is 0. The molecule has 0 aromatic heterocycles. The number of rotatable bonds is 7. The van der Waals surface area contributed by atoms with E-state index < -0.39 is 5.91 Å². The molecule has 0 spiro atoms. The Bertz CT molecular complexity index is 418. The number of hydrogen-bond donors (Lipinski definition) is 3. The predicted molar refractivity (Wildman–Crippen MR) is 71.1 cm³/mol. The molecule has 0 fully saturated rings. The van der Waals surface area contributed by atoms with E-state index >= 15 is 0 Å². The van der Waals surface area contributed by atoms with Crippen molar-refractivity contribution in [2.24, 2.45) is 5.73 Å². The summed E-state index contributed by atoms with van der Waals surface area (Å²) in [4.78, 5) is 22.6. The van der Waals surface area contributed by atoms with Gasteiger partial charge in [0, 0.05) is 12.1 Å². The van der Waals surface area contributed by atoms with E-state index in [0.29, 0.717) is 12.1 Å². The lowest BCUT2D eigenvalue weighted by Crippen LogP contribution is -2.18. The third-order valence-corrected chi connectivity index (χ3v) is 2.49. The summed E-state index contributed by atoms with van der Waals surface area (Å²) < 4.78 is 0. The summed E-state index contributed by atoms with van der Waals surface area (Å²) in [6, 6.07) is 7.19. The van der Waals surface area contributed by atoms with Crippen LogP contribution in [0.4, 0.5) is 5.69 Å². The maximum atomic E-state index is 11.7. The number of nitrogens with two attached hydrogens (primary N) is 1. The first-order valence-electron chi connectivity index (χ1n) is 5.94.